The number of nitrogens with one attached hydrogen (secondary N) is 1. The summed E-state index contributed by atoms with van der Waals surface area (Å²) >= 11 is 0. The Labute approximate surface area is 121 Å². The predicted octanol–water partition coefficient (Wildman–Crippen LogP) is 3.32. The number of hydrogen-bond donors (Lipinski definition) is 1. The Bertz CT molecular complexity index is 508. The van der Waals surface area contributed by atoms with E-state index in [1.807, 2.05) is 12.1 Å². The minimum absolute atomic E-state index is 0.163. The van der Waals surface area contributed by atoms with Crippen molar-refractivity contribution < 1.29 is 0 Å². The van der Waals surface area contributed by atoms with E-state index in [0.717, 1.165) is 18.7 Å². The van der Waals surface area contributed by atoms with Crippen LogP contribution in [0.5, 0.6) is 0 Å². The van der Waals surface area contributed by atoms with E-state index >= 15 is 0 Å². The lowest BCUT2D eigenvalue weighted by molar-refractivity contribution is 0.386. The molecule has 2 aromatic rings. The van der Waals surface area contributed by atoms with Gasteiger partial charge in [0.15, 0.2) is 0 Å². The molecule has 1 heterocycles. The van der Waals surface area contributed by atoms with Crippen LogP contribution in [0, 0.1) is 0 Å². The molecule has 0 bridgehead atoms. The third-order valence-corrected chi connectivity index (χ3v) is 3.63. The van der Waals surface area contributed by atoms with Crippen LogP contribution >= 0.6 is 0 Å². The largest absolute Gasteiger partial charge is 0.309 e. The summed E-state index contributed by atoms with van der Waals surface area (Å²) < 4.78 is 0. The summed E-state index contributed by atoms with van der Waals surface area (Å²) in [5.41, 5.74) is 2.53. The molecule has 0 saturated carbocycles. The van der Waals surface area contributed by atoms with E-state index in [9.17, 15) is 0 Å². The number of rotatable bonds is 6. The summed E-state index contributed by atoms with van der Waals surface area (Å²) in [6.45, 7) is 7.58. The average Bonchev–Trinajstić information content (AvgIpc) is 2.47. The minimum Gasteiger partial charge on any atom is -0.309 e. The van der Waals surface area contributed by atoms with Crippen LogP contribution in [0.25, 0.3) is 0 Å². The summed E-state index contributed by atoms with van der Waals surface area (Å²) in [4.78, 5) is 0. The van der Waals surface area contributed by atoms with Crippen LogP contribution in [-0.4, -0.2) is 16.2 Å². The molecule has 1 atom stereocenters. The van der Waals surface area contributed by atoms with Crippen LogP contribution in [0.1, 0.15) is 38.4 Å². The van der Waals surface area contributed by atoms with Crippen molar-refractivity contribution in [2.45, 2.75) is 45.2 Å². The van der Waals surface area contributed by atoms with Crippen molar-refractivity contribution in [2.24, 2.45) is 0 Å². The highest BCUT2D eigenvalue weighted by Crippen LogP contribution is 2.28. The van der Waals surface area contributed by atoms with Gasteiger partial charge in [0, 0.05) is 18.8 Å². The molecular weight excluding hydrogens is 246 g/mol. The van der Waals surface area contributed by atoms with Crippen LogP contribution in [0.4, 0.5) is 0 Å². The van der Waals surface area contributed by atoms with E-state index in [1.165, 1.54) is 5.56 Å². The van der Waals surface area contributed by atoms with E-state index < -0.39 is 0 Å². The second-order valence-electron chi connectivity index (χ2n) is 5.95. The fraction of sp³-hybridized carbons (Fsp3) is 0.412. The first-order chi connectivity index (χ1) is 9.58. The lowest BCUT2D eigenvalue weighted by atomic mass is 9.79. The Hall–Kier alpha value is -1.74. The molecule has 0 spiro atoms. The first-order valence-corrected chi connectivity index (χ1v) is 7.13. The normalized spacial score (nSPS) is 13.2. The Morgan fingerprint density at radius 3 is 2.50 bits per heavy atom. The zero-order valence-corrected chi connectivity index (χ0v) is 12.5. The monoisotopic (exact) mass is 269 g/mol. The van der Waals surface area contributed by atoms with Crippen molar-refractivity contribution in [1.82, 2.24) is 15.5 Å². The highest BCUT2D eigenvalue weighted by atomic mass is 15.1. The second kappa shape index (κ2) is 6.62. The summed E-state index contributed by atoms with van der Waals surface area (Å²) in [5.74, 6) is 0. The molecule has 0 aliphatic heterocycles. The van der Waals surface area contributed by atoms with Gasteiger partial charge in [-0.05, 0) is 36.5 Å². The van der Waals surface area contributed by atoms with Gasteiger partial charge < -0.3 is 5.32 Å². The number of aromatic nitrogens is 2. The molecule has 3 nitrogen and oxygen atoms in total. The molecule has 2 rings (SSSR count). The Kier molecular flexibility index (Phi) is 4.85. The number of benzene rings is 1. The number of hydrogen-bond acceptors (Lipinski definition) is 3. The molecule has 1 aromatic carbocycles. The third kappa shape index (κ3) is 4.14. The van der Waals surface area contributed by atoms with E-state index in [1.54, 1.807) is 6.20 Å². The first-order valence-electron chi connectivity index (χ1n) is 7.13. The molecule has 0 amide bonds. The van der Waals surface area contributed by atoms with Crippen molar-refractivity contribution in [3.63, 3.8) is 0 Å². The fourth-order valence-corrected chi connectivity index (χ4v) is 2.55. The predicted molar refractivity (Wildman–Crippen MR) is 82.4 cm³/mol. The zero-order valence-electron chi connectivity index (χ0n) is 12.5. The quantitative estimate of drug-likeness (QED) is 0.874. The van der Waals surface area contributed by atoms with Crippen LogP contribution in [0.2, 0.25) is 0 Å². The molecule has 1 unspecified atom stereocenters. The maximum atomic E-state index is 4.09. The second-order valence-corrected chi connectivity index (χ2v) is 5.95. The summed E-state index contributed by atoms with van der Waals surface area (Å²) in [6.07, 6.45) is 2.78. The highest BCUT2D eigenvalue weighted by Gasteiger charge is 2.22. The zero-order chi connectivity index (χ0) is 14.4. The van der Waals surface area contributed by atoms with Gasteiger partial charge in [0.25, 0.3) is 0 Å². The Morgan fingerprint density at radius 1 is 1.10 bits per heavy atom. The molecule has 0 fully saturated rings. The molecule has 1 aromatic heterocycles. The van der Waals surface area contributed by atoms with Gasteiger partial charge in [0.05, 0.1) is 5.69 Å². The van der Waals surface area contributed by atoms with Gasteiger partial charge in [0.1, 0.15) is 0 Å². The Balaban J connectivity index is 1.89. The van der Waals surface area contributed by atoms with Gasteiger partial charge in [-0.3, -0.25) is 0 Å². The highest BCUT2D eigenvalue weighted by molar-refractivity contribution is 5.23. The van der Waals surface area contributed by atoms with Crippen LogP contribution in [0.15, 0.2) is 48.7 Å². The van der Waals surface area contributed by atoms with Gasteiger partial charge in [-0.2, -0.15) is 10.2 Å². The Morgan fingerprint density at radius 2 is 1.85 bits per heavy atom. The molecular formula is C17H23N3. The van der Waals surface area contributed by atoms with Crippen molar-refractivity contribution in [3.05, 3.63) is 59.9 Å². The minimum atomic E-state index is 0.163. The third-order valence-electron chi connectivity index (χ3n) is 3.63. The molecule has 0 aliphatic rings. The van der Waals surface area contributed by atoms with Crippen LogP contribution < -0.4 is 5.32 Å². The van der Waals surface area contributed by atoms with Crippen molar-refractivity contribution in [2.75, 3.05) is 0 Å². The summed E-state index contributed by atoms with van der Waals surface area (Å²) in [6, 6.07) is 15.0. The molecule has 1 N–H and O–H groups in total. The number of nitrogens with zero attached hydrogens (tertiary/aromatic N) is 2. The fourth-order valence-electron chi connectivity index (χ4n) is 2.55. The molecule has 0 aliphatic carbocycles. The molecule has 0 saturated heterocycles. The maximum Gasteiger partial charge on any atom is 0.0769 e. The van der Waals surface area contributed by atoms with E-state index in [2.05, 4.69) is 66.6 Å². The van der Waals surface area contributed by atoms with Gasteiger partial charge in [-0.1, -0.05) is 44.2 Å². The van der Waals surface area contributed by atoms with Gasteiger partial charge in [-0.25, -0.2) is 0 Å². The van der Waals surface area contributed by atoms with Crippen molar-refractivity contribution >= 4 is 0 Å². The molecule has 0 radical (unpaired) electrons. The lowest BCUT2D eigenvalue weighted by Crippen LogP contribution is -2.33. The maximum absolute atomic E-state index is 4.09. The lowest BCUT2D eigenvalue weighted by Gasteiger charge is -2.29. The standard InChI is InChI=1S/C17H23N3/c1-14(18-13-16-10-7-11-19-20-16)12-17(2,3)15-8-5-4-6-9-15/h4-11,14,18H,12-13H2,1-3H3. The van der Waals surface area contributed by atoms with Crippen molar-refractivity contribution in [3.8, 4) is 0 Å². The molecule has 3 heteroatoms. The summed E-state index contributed by atoms with van der Waals surface area (Å²) in [5, 5.41) is 11.5. The van der Waals surface area contributed by atoms with Crippen molar-refractivity contribution in [1.29, 1.82) is 0 Å². The first kappa shape index (κ1) is 14.7. The SMILES string of the molecule is CC(CC(C)(C)c1ccccc1)NCc1cccnn1. The topological polar surface area (TPSA) is 37.8 Å². The molecule has 106 valence electrons. The van der Waals surface area contributed by atoms with Crippen LogP contribution in [-0.2, 0) is 12.0 Å². The van der Waals surface area contributed by atoms with E-state index in [-0.39, 0.29) is 5.41 Å². The average molecular weight is 269 g/mol. The van der Waals surface area contributed by atoms with E-state index in [4.69, 9.17) is 0 Å². The van der Waals surface area contributed by atoms with E-state index in [0.29, 0.717) is 6.04 Å². The van der Waals surface area contributed by atoms with Gasteiger partial charge in [0.2, 0.25) is 0 Å². The van der Waals surface area contributed by atoms with Gasteiger partial charge >= 0.3 is 0 Å². The summed E-state index contributed by atoms with van der Waals surface area (Å²) in [7, 11) is 0. The smallest absolute Gasteiger partial charge is 0.0769 e. The van der Waals surface area contributed by atoms with Gasteiger partial charge in [-0.15, -0.1) is 0 Å². The van der Waals surface area contributed by atoms with Crippen LogP contribution in [0.3, 0.4) is 0 Å². The molecule has 20 heavy (non-hydrogen) atoms.